The van der Waals surface area contributed by atoms with E-state index >= 15 is 0 Å². The average molecular weight is 318 g/mol. The minimum absolute atomic E-state index is 0.0358. The number of benzene rings is 1. The molecule has 0 aliphatic heterocycles. The maximum Gasteiger partial charge on any atom is 0.235 e. The van der Waals surface area contributed by atoms with Crippen LogP contribution in [0.4, 0.5) is 11.4 Å². The number of hydrogen-bond acceptors (Lipinski definition) is 4. The number of nitrogens with one attached hydrogen (secondary N) is 1. The molecule has 0 radical (unpaired) electrons. The fourth-order valence-electron chi connectivity index (χ4n) is 1.94. The number of anilines is 2. The Balaban J connectivity index is 2.28. The molecule has 2 rings (SSSR count). The molecule has 0 bridgehead atoms. The minimum Gasteiger partial charge on any atom is -0.284 e. The molecule has 0 atom stereocenters. The van der Waals surface area contributed by atoms with Crippen LogP contribution in [-0.4, -0.2) is 34.9 Å². The summed E-state index contributed by atoms with van der Waals surface area (Å²) >= 11 is 0. The molecule has 1 aliphatic rings. The molecule has 0 spiro atoms. The number of sulfonamides is 2. The van der Waals surface area contributed by atoms with Gasteiger partial charge < -0.3 is 0 Å². The van der Waals surface area contributed by atoms with Gasteiger partial charge in [0.2, 0.25) is 20.0 Å². The molecule has 0 aromatic heterocycles. The van der Waals surface area contributed by atoms with Crippen LogP contribution in [0.25, 0.3) is 0 Å². The van der Waals surface area contributed by atoms with Crippen LogP contribution >= 0.6 is 0 Å². The van der Waals surface area contributed by atoms with Crippen molar-refractivity contribution in [3.05, 3.63) is 24.3 Å². The molecule has 1 aliphatic carbocycles. The van der Waals surface area contributed by atoms with Gasteiger partial charge >= 0.3 is 0 Å². The average Bonchev–Trinajstić information content (AvgIpc) is 3.14. The molecule has 1 N–H and O–H groups in total. The van der Waals surface area contributed by atoms with Crippen molar-refractivity contribution in [3.8, 4) is 0 Å². The molecule has 20 heavy (non-hydrogen) atoms. The van der Waals surface area contributed by atoms with E-state index in [4.69, 9.17) is 0 Å². The van der Waals surface area contributed by atoms with E-state index in [1.54, 1.807) is 31.2 Å². The van der Waals surface area contributed by atoms with Crippen molar-refractivity contribution in [2.45, 2.75) is 25.8 Å². The maximum absolute atomic E-state index is 12.1. The molecule has 0 unspecified atom stereocenters. The van der Waals surface area contributed by atoms with E-state index in [9.17, 15) is 16.8 Å². The van der Waals surface area contributed by atoms with Gasteiger partial charge in [-0.3, -0.25) is 9.03 Å². The van der Waals surface area contributed by atoms with Gasteiger partial charge in [-0.1, -0.05) is 0 Å². The number of hydrogen-bond donors (Lipinski definition) is 1. The van der Waals surface area contributed by atoms with Crippen molar-refractivity contribution in [3.63, 3.8) is 0 Å². The molecular weight excluding hydrogens is 300 g/mol. The van der Waals surface area contributed by atoms with Gasteiger partial charge in [0.15, 0.2) is 0 Å². The van der Waals surface area contributed by atoms with Crippen LogP contribution < -0.4 is 9.03 Å². The van der Waals surface area contributed by atoms with Gasteiger partial charge in [-0.2, -0.15) is 0 Å². The summed E-state index contributed by atoms with van der Waals surface area (Å²) in [5.41, 5.74) is 0.995. The number of nitrogens with zero attached hydrogens (tertiary/aromatic N) is 1. The van der Waals surface area contributed by atoms with Crippen molar-refractivity contribution >= 4 is 31.4 Å². The summed E-state index contributed by atoms with van der Waals surface area (Å²) in [6, 6.07) is 6.42. The lowest BCUT2D eigenvalue weighted by Crippen LogP contribution is -2.34. The van der Waals surface area contributed by atoms with E-state index in [1.807, 2.05) is 0 Å². The smallest absolute Gasteiger partial charge is 0.235 e. The predicted molar refractivity (Wildman–Crippen MR) is 79.9 cm³/mol. The van der Waals surface area contributed by atoms with E-state index in [1.165, 1.54) is 4.31 Å². The van der Waals surface area contributed by atoms with Gasteiger partial charge in [-0.05, 0) is 44.0 Å². The highest BCUT2D eigenvalue weighted by molar-refractivity contribution is 7.92. The summed E-state index contributed by atoms with van der Waals surface area (Å²) in [4.78, 5) is 0. The molecule has 1 aromatic carbocycles. The topological polar surface area (TPSA) is 83.6 Å². The second-order valence-electron chi connectivity index (χ2n) is 4.85. The zero-order valence-electron chi connectivity index (χ0n) is 11.4. The minimum atomic E-state index is -3.33. The third-order valence-electron chi connectivity index (χ3n) is 2.97. The fraction of sp³-hybridized carbons (Fsp3) is 0.500. The largest absolute Gasteiger partial charge is 0.284 e. The van der Waals surface area contributed by atoms with Gasteiger partial charge in [0, 0.05) is 11.7 Å². The lowest BCUT2D eigenvalue weighted by molar-refractivity contribution is 0.591. The van der Waals surface area contributed by atoms with E-state index in [2.05, 4.69) is 4.72 Å². The molecule has 8 heteroatoms. The third kappa shape index (κ3) is 3.63. The van der Waals surface area contributed by atoms with E-state index in [0.717, 1.165) is 19.1 Å². The molecule has 0 amide bonds. The van der Waals surface area contributed by atoms with Crippen LogP contribution in [-0.2, 0) is 20.0 Å². The van der Waals surface area contributed by atoms with Crippen molar-refractivity contribution in [1.29, 1.82) is 0 Å². The van der Waals surface area contributed by atoms with Crippen LogP contribution in [0.2, 0.25) is 0 Å². The Morgan fingerprint density at radius 3 is 2.10 bits per heavy atom. The summed E-state index contributed by atoms with van der Waals surface area (Å²) in [6.07, 6.45) is 2.80. The fourth-order valence-corrected chi connectivity index (χ4v) is 3.89. The third-order valence-corrected chi connectivity index (χ3v) is 5.41. The highest BCUT2D eigenvalue weighted by Gasteiger charge is 2.36. The second kappa shape index (κ2) is 5.25. The Kier molecular flexibility index (Phi) is 3.97. The van der Waals surface area contributed by atoms with Gasteiger partial charge in [-0.25, -0.2) is 16.8 Å². The summed E-state index contributed by atoms with van der Waals surface area (Å²) < 4.78 is 50.3. The normalized spacial score (nSPS) is 15.9. The predicted octanol–water partition coefficient (Wildman–Crippen LogP) is 1.38. The first-order valence-corrected chi connectivity index (χ1v) is 9.83. The zero-order chi connectivity index (χ0) is 15.0. The monoisotopic (exact) mass is 318 g/mol. The lowest BCUT2D eigenvalue weighted by atomic mass is 10.3. The Bertz CT molecular complexity index is 677. The van der Waals surface area contributed by atoms with Gasteiger partial charge in [0.05, 0.1) is 17.7 Å². The highest BCUT2D eigenvalue weighted by Crippen LogP contribution is 2.34. The van der Waals surface area contributed by atoms with Crippen molar-refractivity contribution in [1.82, 2.24) is 0 Å². The van der Waals surface area contributed by atoms with Crippen molar-refractivity contribution in [2.24, 2.45) is 0 Å². The van der Waals surface area contributed by atoms with Crippen LogP contribution in [0.3, 0.4) is 0 Å². The maximum atomic E-state index is 12.1. The van der Waals surface area contributed by atoms with E-state index < -0.39 is 20.0 Å². The van der Waals surface area contributed by atoms with Gasteiger partial charge in [0.1, 0.15) is 0 Å². The standard InChI is InChI=1S/C12H18N2O4S2/c1-3-20(17,18)14(12-8-9-12)11-6-4-10(5-7-11)13-19(2,15)16/h4-7,12-13H,3,8-9H2,1-2H3. The van der Waals surface area contributed by atoms with Crippen LogP contribution in [0.1, 0.15) is 19.8 Å². The first-order valence-electron chi connectivity index (χ1n) is 6.33. The van der Waals surface area contributed by atoms with Crippen molar-refractivity contribution < 1.29 is 16.8 Å². The molecule has 1 saturated carbocycles. The molecule has 6 nitrogen and oxygen atoms in total. The highest BCUT2D eigenvalue weighted by atomic mass is 32.2. The Morgan fingerprint density at radius 1 is 1.15 bits per heavy atom. The number of rotatable bonds is 6. The second-order valence-corrected chi connectivity index (χ2v) is 8.73. The summed E-state index contributed by atoms with van der Waals surface area (Å²) in [6.45, 7) is 1.62. The molecule has 112 valence electrons. The Morgan fingerprint density at radius 2 is 1.70 bits per heavy atom. The zero-order valence-corrected chi connectivity index (χ0v) is 13.0. The van der Waals surface area contributed by atoms with Gasteiger partial charge in [-0.15, -0.1) is 0 Å². The van der Waals surface area contributed by atoms with Gasteiger partial charge in [0.25, 0.3) is 0 Å². The molecule has 0 saturated heterocycles. The first-order chi connectivity index (χ1) is 9.23. The lowest BCUT2D eigenvalue weighted by Gasteiger charge is -2.23. The van der Waals surface area contributed by atoms with Crippen LogP contribution in [0.5, 0.6) is 0 Å². The molecule has 0 heterocycles. The van der Waals surface area contributed by atoms with E-state index in [-0.39, 0.29) is 11.8 Å². The quantitative estimate of drug-likeness (QED) is 0.859. The molecule has 1 fully saturated rings. The molecule has 1 aromatic rings. The van der Waals surface area contributed by atoms with E-state index in [0.29, 0.717) is 11.4 Å². The summed E-state index contributed by atoms with van der Waals surface area (Å²) in [5, 5.41) is 0. The van der Waals surface area contributed by atoms with Crippen LogP contribution in [0.15, 0.2) is 24.3 Å². The summed E-state index contributed by atoms with van der Waals surface area (Å²) in [5.74, 6) is 0.0485. The van der Waals surface area contributed by atoms with Crippen LogP contribution in [0, 0.1) is 0 Å². The summed E-state index contributed by atoms with van der Waals surface area (Å²) in [7, 11) is -6.63. The Labute approximate surface area is 119 Å². The first kappa shape index (κ1) is 15.1. The SMILES string of the molecule is CCS(=O)(=O)N(c1ccc(NS(C)(=O)=O)cc1)C1CC1. The van der Waals surface area contributed by atoms with Crippen molar-refractivity contribution in [2.75, 3.05) is 21.0 Å². The molecular formula is C12H18N2O4S2. The Hall–Kier alpha value is -1.28.